The Balaban J connectivity index is 1.61. The van der Waals surface area contributed by atoms with Gasteiger partial charge in [0.1, 0.15) is 17.8 Å². The lowest BCUT2D eigenvalue weighted by atomic mass is 9.93. The van der Waals surface area contributed by atoms with Crippen LogP contribution in [0.2, 0.25) is 0 Å². The Labute approximate surface area is 167 Å². The van der Waals surface area contributed by atoms with Crippen LogP contribution in [0.4, 0.5) is 19.0 Å². The fraction of sp³-hybridized carbons (Fsp3) is 0.333. The molecule has 4 rings (SSSR count). The first-order valence-electron chi connectivity index (χ1n) is 9.61. The minimum Gasteiger partial charge on any atom is -0.346 e. The van der Waals surface area contributed by atoms with Gasteiger partial charge < -0.3 is 16.0 Å². The van der Waals surface area contributed by atoms with Gasteiger partial charge in [-0.15, -0.1) is 0 Å². The summed E-state index contributed by atoms with van der Waals surface area (Å²) < 4.78 is 39.1. The Morgan fingerprint density at radius 3 is 2.66 bits per heavy atom. The molecule has 1 aromatic carbocycles. The number of aromatic nitrogens is 1. The third-order valence-electron chi connectivity index (χ3n) is 5.04. The van der Waals surface area contributed by atoms with Crippen molar-refractivity contribution in [2.45, 2.75) is 25.2 Å². The van der Waals surface area contributed by atoms with Gasteiger partial charge in [0, 0.05) is 30.4 Å². The monoisotopic (exact) mass is 401 g/mol. The van der Waals surface area contributed by atoms with E-state index in [0.717, 1.165) is 55.5 Å². The normalized spacial score (nSPS) is 22.3. The van der Waals surface area contributed by atoms with Gasteiger partial charge in [0.15, 0.2) is 0 Å². The molecule has 5 nitrogen and oxygen atoms in total. The van der Waals surface area contributed by atoms with Crippen LogP contribution in [0.25, 0.3) is 0 Å². The lowest BCUT2D eigenvalue weighted by molar-refractivity contribution is -0.137. The summed E-state index contributed by atoms with van der Waals surface area (Å²) in [7, 11) is 0. The number of pyridine rings is 1. The number of piperidine rings is 1. The molecule has 0 amide bonds. The first kappa shape index (κ1) is 19.4. The van der Waals surface area contributed by atoms with Gasteiger partial charge in [0.05, 0.1) is 5.56 Å². The highest BCUT2D eigenvalue weighted by Crippen LogP contribution is 2.30. The standard InChI is InChI=1S/C21H22F3N5/c22-21(23,24)16-8-10-26-18(11-16)28-19-12-17(15-7-4-9-25-13-15)27-20(29-19)14-5-2-1-3-6-14/h1-3,5-6,8,10-12,15,20,25,29H,4,7,9,13H2,(H,26,28). The summed E-state index contributed by atoms with van der Waals surface area (Å²) in [4.78, 5) is 8.91. The summed E-state index contributed by atoms with van der Waals surface area (Å²) in [5, 5.41) is 9.65. The lowest BCUT2D eigenvalue weighted by Gasteiger charge is -2.30. The lowest BCUT2D eigenvalue weighted by Crippen LogP contribution is -2.37. The molecule has 0 saturated carbocycles. The smallest absolute Gasteiger partial charge is 0.346 e. The van der Waals surface area contributed by atoms with Crippen molar-refractivity contribution < 1.29 is 13.2 Å². The van der Waals surface area contributed by atoms with E-state index >= 15 is 0 Å². The summed E-state index contributed by atoms with van der Waals surface area (Å²) >= 11 is 0. The van der Waals surface area contributed by atoms with Crippen LogP contribution in [0.1, 0.15) is 30.1 Å². The number of hydrogen-bond acceptors (Lipinski definition) is 5. The van der Waals surface area contributed by atoms with E-state index in [1.54, 1.807) is 0 Å². The van der Waals surface area contributed by atoms with Gasteiger partial charge in [-0.05, 0) is 37.1 Å². The Morgan fingerprint density at radius 2 is 1.93 bits per heavy atom. The summed E-state index contributed by atoms with van der Waals surface area (Å²) in [6.07, 6.45) is 0.396. The van der Waals surface area contributed by atoms with Gasteiger partial charge in [-0.1, -0.05) is 30.3 Å². The van der Waals surface area contributed by atoms with Crippen LogP contribution in [0, 0.1) is 5.92 Å². The van der Waals surface area contributed by atoms with Crippen LogP contribution in [-0.2, 0) is 6.18 Å². The van der Waals surface area contributed by atoms with E-state index in [1.807, 2.05) is 36.4 Å². The summed E-state index contributed by atoms with van der Waals surface area (Å²) in [6.45, 7) is 1.83. The molecule has 1 saturated heterocycles. The number of halogens is 3. The number of aliphatic imine (C=N–C) groups is 1. The van der Waals surface area contributed by atoms with E-state index in [0.29, 0.717) is 5.82 Å². The van der Waals surface area contributed by atoms with E-state index in [1.165, 1.54) is 0 Å². The third-order valence-corrected chi connectivity index (χ3v) is 5.04. The molecule has 0 spiro atoms. The maximum atomic E-state index is 13.0. The summed E-state index contributed by atoms with van der Waals surface area (Å²) in [6, 6.07) is 11.7. The second-order valence-corrected chi connectivity index (χ2v) is 7.17. The molecule has 152 valence electrons. The Kier molecular flexibility index (Phi) is 5.53. The molecule has 2 aromatic rings. The summed E-state index contributed by atoms with van der Waals surface area (Å²) in [5.74, 6) is 0.984. The van der Waals surface area contributed by atoms with Gasteiger partial charge in [-0.3, -0.25) is 4.99 Å². The molecular formula is C21H22F3N5. The van der Waals surface area contributed by atoms with Crippen LogP contribution >= 0.6 is 0 Å². The third kappa shape index (κ3) is 4.76. The second kappa shape index (κ2) is 8.24. The molecular weight excluding hydrogens is 379 g/mol. The van der Waals surface area contributed by atoms with Crippen molar-refractivity contribution in [3.8, 4) is 0 Å². The number of benzene rings is 1. The zero-order valence-corrected chi connectivity index (χ0v) is 15.7. The topological polar surface area (TPSA) is 61.3 Å². The number of rotatable bonds is 4. The highest BCUT2D eigenvalue weighted by atomic mass is 19.4. The second-order valence-electron chi connectivity index (χ2n) is 7.17. The number of nitrogens with zero attached hydrogens (tertiary/aromatic N) is 2. The van der Waals surface area contributed by atoms with Crippen LogP contribution < -0.4 is 16.0 Å². The Bertz CT molecular complexity index is 902. The van der Waals surface area contributed by atoms with Crippen LogP contribution in [0.15, 0.2) is 65.6 Å². The molecule has 0 aliphatic carbocycles. The number of nitrogens with one attached hydrogen (secondary N) is 3. The molecule has 0 radical (unpaired) electrons. The van der Waals surface area contributed by atoms with E-state index in [9.17, 15) is 13.2 Å². The summed E-state index contributed by atoms with van der Waals surface area (Å²) in [5.41, 5.74) is 1.17. The molecule has 2 aliphatic heterocycles. The molecule has 3 heterocycles. The fourth-order valence-corrected chi connectivity index (χ4v) is 3.56. The quantitative estimate of drug-likeness (QED) is 0.722. The number of alkyl halides is 3. The predicted molar refractivity (Wildman–Crippen MR) is 106 cm³/mol. The highest BCUT2D eigenvalue weighted by molar-refractivity contribution is 5.98. The van der Waals surface area contributed by atoms with Crippen molar-refractivity contribution >= 4 is 11.5 Å². The molecule has 1 aromatic heterocycles. The zero-order chi connectivity index (χ0) is 20.3. The van der Waals surface area contributed by atoms with Crippen molar-refractivity contribution in [1.82, 2.24) is 15.6 Å². The van der Waals surface area contributed by atoms with Crippen LogP contribution in [-0.4, -0.2) is 23.8 Å². The molecule has 2 aliphatic rings. The van der Waals surface area contributed by atoms with Gasteiger partial charge in [0.2, 0.25) is 0 Å². The highest BCUT2D eigenvalue weighted by Gasteiger charge is 2.31. The van der Waals surface area contributed by atoms with Crippen molar-refractivity contribution in [2.24, 2.45) is 10.9 Å². The maximum Gasteiger partial charge on any atom is 0.416 e. The first-order valence-corrected chi connectivity index (χ1v) is 9.61. The molecule has 2 unspecified atom stereocenters. The molecule has 0 bridgehead atoms. The first-order chi connectivity index (χ1) is 14.0. The van der Waals surface area contributed by atoms with Crippen LogP contribution in [0.3, 0.4) is 0 Å². The average molecular weight is 401 g/mol. The zero-order valence-electron chi connectivity index (χ0n) is 15.7. The predicted octanol–water partition coefficient (Wildman–Crippen LogP) is 4.10. The van der Waals surface area contributed by atoms with E-state index in [-0.39, 0.29) is 17.9 Å². The van der Waals surface area contributed by atoms with Crippen molar-refractivity contribution in [1.29, 1.82) is 0 Å². The van der Waals surface area contributed by atoms with Crippen molar-refractivity contribution in [3.05, 3.63) is 71.7 Å². The average Bonchev–Trinajstić information content (AvgIpc) is 2.74. The van der Waals surface area contributed by atoms with Gasteiger partial charge in [-0.2, -0.15) is 13.2 Å². The Hall–Kier alpha value is -2.87. The van der Waals surface area contributed by atoms with E-state index in [4.69, 9.17) is 4.99 Å². The van der Waals surface area contributed by atoms with Crippen molar-refractivity contribution in [2.75, 3.05) is 18.4 Å². The SMILES string of the molecule is FC(F)(F)c1ccnc(NC2=CC(C3CCCNC3)=NC(c3ccccc3)N2)c1. The van der Waals surface area contributed by atoms with Gasteiger partial charge in [-0.25, -0.2) is 4.98 Å². The van der Waals surface area contributed by atoms with Crippen molar-refractivity contribution in [3.63, 3.8) is 0 Å². The maximum absolute atomic E-state index is 13.0. The van der Waals surface area contributed by atoms with Crippen LogP contribution in [0.5, 0.6) is 0 Å². The number of allylic oxidation sites excluding steroid dienone is 1. The molecule has 3 N–H and O–H groups in total. The molecule has 1 fully saturated rings. The number of anilines is 1. The fourth-order valence-electron chi connectivity index (χ4n) is 3.56. The largest absolute Gasteiger partial charge is 0.416 e. The van der Waals surface area contributed by atoms with E-state index in [2.05, 4.69) is 20.9 Å². The Morgan fingerprint density at radius 1 is 1.10 bits per heavy atom. The molecule has 2 atom stereocenters. The molecule has 8 heteroatoms. The minimum absolute atomic E-state index is 0.133. The minimum atomic E-state index is -4.42. The number of hydrogen-bond donors (Lipinski definition) is 3. The van der Waals surface area contributed by atoms with E-state index < -0.39 is 11.7 Å². The van der Waals surface area contributed by atoms with Gasteiger partial charge >= 0.3 is 6.18 Å². The van der Waals surface area contributed by atoms with Gasteiger partial charge in [0.25, 0.3) is 0 Å². The molecule has 29 heavy (non-hydrogen) atoms.